The number of hydrogen-bond donors (Lipinski definition) is 2. The van der Waals surface area contributed by atoms with Gasteiger partial charge < -0.3 is 24.7 Å². The number of benzene rings is 2. The number of nitrogens with one attached hydrogen (secondary N) is 1. The fourth-order valence-electron chi connectivity index (χ4n) is 2.81. The van der Waals surface area contributed by atoms with Crippen LogP contribution in [-0.4, -0.2) is 55.9 Å². The molecule has 1 heterocycles. The minimum atomic E-state index is -0.348. The first-order chi connectivity index (χ1) is 16.9. The highest BCUT2D eigenvalue weighted by atomic mass is 35.5. The molecule has 0 saturated heterocycles. The van der Waals surface area contributed by atoms with Gasteiger partial charge in [-0.3, -0.25) is 4.79 Å². The van der Waals surface area contributed by atoms with Gasteiger partial charge in [0.05, 0.1) is 38.0 Å². The normalized spacial score (nSPS) is 10.9. The number of halogens is 1. The zero-order valence-corrected chi connectivity index (χ0v) is 20.9. The SMILES string of the molecule is COc1cc(/C=N\NC(=O)Cc2nnc(N)s2)cc(Cl)c1OCCOCCOc1ccc(C)cc1. The molecular formula is C23H26ClN5O5S. The van der Waals surface area contributed by atoms with E-state index in [0.29, 0.717) is 52.0 Å². The van der Waals surface area contributed by atoms with Crippen molar-refractivity contribution in [1.29, 1.82) is 0 Å². The number of amides is 1. The van der Waals surface area contributed by atoms with Crippen molar-refractivity contribution in [3.05, 3.63) is 57.6 Å². The first-order valence-electron chi connectivity index (χ1n) is 10.6. The third kappa shape index (κ3) is 8.71. The van der Waals surface area contributed by atoms with E-state index in [1.165, 1.54) is 18.9 Å². The second kappa shape index (κ2) is 13.5. The van der Waals surface area contributed by atoms with Gasteiger partial charge in [-0.2, -0.15) is 5.10 Å². The number of hydrazone groups is 1. The molecule has 0 unspecified atom stereocenters. The monoisotopic (exact) mass is 519 g/mol. The third-order valence-electron chi connectivity index (χ3n) is 4.44. The summed E-state index contributed by atoms with van der Waals surface area (Å²) in [6.45, 7) is 3.52. The van der Waals surface area contributed by atoms with Crippen LogP contribution in [0.15, 0.2) is 41.5 Å². The van der Waals surface area contributed by atoms with E-state index in [1.807, 2.05) is 31.2 Å². The summed E-state index contributed by atoms with van der Waals surface area (Å²) in [7, 11) is 1.51. The summed E-state index contributed by atoms with van der Waals surface area (Å²) in [6, 6.07) is 11.2. The van der Waals surface area contributed by atoms with Crippen molar-refractivity contribution in [2.45, 2.75) is 13.3 Å². The maximum atomic E-state index is 11.9. The number of carbonyl (C=O) groups is 1. The van der Waals surface area contributed by atoms with Gasteiger partial charge in [-0.1, -0.05) is 40.6 Å². The summed E-state index contributed by atoms with van der Waals surface area (Å²) in [4.78, 5) is 11.9. The van der Waals surface area contributed by atoms with E-state index < -0.39 is 0 Å². The van der Waals surface area contributed by atoms with Crippen LogP contribution in [0.1, 0.15) is 16.1 Å². The van der Waals surface area contributed by atoms with E-state index in [4.69, 9.17) is 36.3 Å². The zero-order valence-electron chi connectivity index (χ0n) is 19.3. The summed E-state index contributed by atoms with van der Waals surface area (Å²) in [5, 5.41) is 12.5. The van der Waals surface area contributed by atoms with E-state index in [9.17, 15) is 4.79 Å². The second-order valence-electron chi connectivity index (χ2n) is 7.16. The molecule has 12 heteroatoms. The Balaban J connectivity index is 1.41. The van der Waals surface area contributed by atoms with Gasteiger partial charge >= 0.3 is 0 Å². The summed E-state index contributed by atoms with van der Waals surface area (Å²) >= 11 is 7.51. The lowest BCUT2D eigenvalue weighted by Crippen LogP contribution is -2.19. The molecule has 186 valence electrons. The van der Waals surface area contributed by atoms with Crippen molar-refractivity contribution in [3.8, 4) is 17.2 Å². The van der Waals surface area contributed by atoms with Gasteiger partial charge in [-0.05, 0) is 36.8 Å². The molecule has 1 aromatic heterocycles. The van der Waals surface area contributed by atoms with E-state index in [1.54, 1.807) is 12.1 Å². The van der Waals surface area contributed by atoms with E-state index in [0.717, 1.165) is 17.1 Å². The quantitative estimate of drug-likeness (QED) is 0.200. The average molecular weight is 520 g/mol. The standard InChI is InChI=1S/C23H26ClN5O5S/c1-15-3-5-17(6-4-15)33-9-7-32-8-10-34-22-18(24)11-16(12-19(22)31-2)14-26-27-20(30)13-21-28-29-23(25)35-21/h3-6,11-12,14H,7-10,13H2,1-2H3,(H2,25,29)(H,27,30)/b26-14-. The fourth-order valence-corrected chi connectivity index (χ4v) is 3.69. The minimum Gasteiger partial charge on any atom is -0.493 e. The molecule has 35 heavy (non-hydrogen) atoms. The molecule has 0 aliphatic rings. The molecule has 0 aliphatic heterocycles. The highest BCUT2D eigenvalue weighted by Crippen LogP contribution is 2.36. The van der Waals surface area contributed by atoms with E-state index >= 15 is 0 Å². The van der Waals surface area contributed by atoms with Crippen LogP contribution >= 0.6 is 22.9 Å². The predicted octanol–water partition coefficient (Wildman–Crippen LogP) is 3.26. The summed E-state index contributed by atoms with van der Waals surface area (Å²) in [5.74, 6) is 1.28. The smallest absolute Gasteiger partial charge is 0.247 e. The van der Waals surface area contributed by atoms with Crippen molar-refractivity contribution in [1.82, 2.24) is 15.6 Å². The molecule has 3 N–H and O–H groups in total. The van der Waals surface area contributed by atoms with Gasteiger partial charge in [0.1, 0.15) is 24.0 Å². The second-order valence-corrected chi connectivity index (χ2v) is 8.66. The Labute approximate surface area is 212 Å². The highest BCUT2D eigenvalue weighted by molar-refractivity contribution is 7.15. The first-order valence-corrected chi connectivity index (χ1v) is 11.8. The predicted molar refractivity (Wildman–Crippen MR) is 135 cm³/mol. The maximum Gasteiger partial charge on any atom is 0.247 e. The van der Waals surface area contributed by atoms with Crippen LogP contribution in [0.25, 0.3) is 0 Å². The van der Waals surface area contributed by atoms with Crippen LogP contribution in [-0.2, 0) is 16.0 Å². The molecule has 1 amide bonds. The number of nitrogen functional groups attached to an aromatic ring is 1. The number of ether oxygens (including phenoxy) is 4. The lowest BCUT2D eigenvalue weighted by molar-refractivity contribution is -0.120. The van der Waals surface area contributed by atoms with E-state index in [-0.39, 0.29) is 18.9 Å². The molecule has 0 aliphatic carbocycles. The van der Waals surface area contributed by atoms with Gasteiger partial charge in [0, 0.05) is 0 Å². The number of carbonyl (C=O) groups excluding carboxylic acids is 1. The summed E-state index contributed by atoms with van der Waals surface area (Å²) < 4.78 is 22.3. The number of rotatable bonds is 13. The first kappa shape index (κ1) is 26.2. The number of aromatic nitrogens is 2. The number of aryl methyl sites for hydroxylation is 1. The Hall–Kier alpha value is -3.41. The van der Waals surface area contributed by atoms with Gasteiger partial charge in [0.2, 0.25) is 11.0 Å². The van der Waals surface area contributed by atoms with Gasteiger partial charge in [0.25, 0.3) is 0 Å². The molecule has 0 fully saturated rings. The zero-order chi connectivity index (χ0) is 25.0. The van der Waals surface area contributed by atoms with Crippen LogP contribution in [0.2, 0.25) is 5.02 Å². The summed E-state index contributed by atoms with van der Waals surface area (Å²) in [6.07, 6.45) is 1.48. The van der Waals surface area contributed by atoms with Gasteiger partial charge in [-0.15, -0.1) is 10.2 Å². The van der Waals surface area contributed by atoms with Crippen LogP contribution in [0.3, 0.4) is 0 Å². The van der Waals surface area contributed by atoms with Crippen molar-refractivity contribution >= 4 is 40.2 Å². The van der Waals surface area contributed by atoms with Crippen LogP contribution in [0, 0.1) is 6.92 Å². The number of methoxy groups -OCH3 is 1. The molecule has 0 spiro atoms. The highest BCUT2D eigenvalue weighted by Gasteiger charge is 2.12. The lowest BCUT2D eigenvalue weighted by atomic mass is 10.2. The number of nitrogens with zero attached hydrogens (tertiary/aromatic N) is 3. The van der Waals surface area contributed by atoms with Crippen molar-refractivity contribution < 1.29 is 23.7 Å². The van der Waals surface area contributed by atoms with Crippen molar-refractivity contribution in [3.63, 3.8) is 0 Å². The molecule has 3 rings (SSSR count). The Kier molecular flexibility index (Phi) is 10.1. The third-order valence-corrected chi connectivity index (χ3v) is 5.47. The summed E-state index contributed by atoms with van der Waals surface area (Å²) in [5.41, 5.74) is 9.72. The molecule has 0 bridgehead atoms. The van der Waals surface area contributed by atoms with Crippen LogP contribution < -0.4 is 25.4 Å². The Morgan fingerprint density at radius 2 is 1.89 bits per heavy atom. The number of hydrogen-bond acceptors (Lipinski definition) is 10. The fraction of sp³-hybridized carbons (Fsp3) is 0.304. The molecule has 2 aromatic carbocycles. The van der Waals surface area contributed by atoms with Crippen LogP contribution in [0.4, 0.5) is 5.13 Å². The van der Waals surface area contributed by atoms with Crippen LogP contribution in [0.5, 0.6) is 17.2 Å². The number of anilines is 1. The molecule has 0 atom stereocenters. The Bertz CT molecular complexity index is 1140. The molecule has 10 nitrogen and oxygen atoms in total. The van der Waals surface area contributed by atoms with Crippen molar-refractivity contribution in [2.75, 3.05) is 39.3 Å². The van der Waals surface area contributed by atoms with Crippen molar-refractivity contribution in [2.24, 2.45) is 5.10 Å². The maximum absolute atomic E-state index is 11.9. The van der Waals surface area contributed by atoms with Gasteiger partial charge in [0.15, 0.2) is 11.5 Å². The van der Waals surface area contributed by atoms with Gasteiger partial charge in [-0.25, -0.2) is 5.43 Å². The largest absolute Gasteiger partial charge is 0.493 e. The Morgan fingerprint density at radius 1 is 1.14 bits per heavy atom. The lowest BCUT2D eigenvalue weighted by Gasteiger charge is -2.13. The topological polar surface area (TPSA) is 130 Å². The number of nitrogens with two attached hydrogens (primary N) is 1. The molecule has 0 saturated carbocycles. The average Bonchev–Trinajstić information content (AvgIpc) is 3.24. The Morgan fingerprint density at radius 3 is 2.57 bits per heavy atom. The molecule has 3 aromatic rings. The molecular weight excluding hydrogens is 494 g/mol. The van der Waals surface area contributed by atoms with E-state index in [2.05, 4.69) is 20.7 Å². The molecule has 0 radical (unpaired) electrons. The minimum absolute atomic E-state index is 0.0310.